The monoisotopic (exact) mass is 394 g/mol. The van der Waals surface area contributed by atoms with Crippen LogP contribution in [0.4, 0.5) is 0 Å². The van der Waals surface area contributed by atoms with Crippen LogP contribution < -0.4 is 0 Å². The average Bonchev–Trinajstić information content (AvgIpc) is 2.88. The van der Waals surface area contributed by atoms with Crippen molar-refractivity contribution in [3.05, 3.63) is 0 Å². The number of hydrogen-bond donors (Lipinski definition) is 0. The largest absolute Gasteiger partial charge is 0.463 e. The van der Waals surface area contributed by atoms with Gasteiger partial charge >= 0.3 is 11.9 Å². The number of fused-ring (bicyclic) bond motifs is 1. The first-order valence-corrected chi connectivity index (χ1v) is 10.6. The van der Waals surface area contributed by atoms with Gasteiger partial charge in [-0.3, -0.25) is 19.2 Å². The molecule has 0 saturated heterocycles. The molecule has 0 aromatic rings. The molecule has 6 heteroatoms. The van der Waals surface area contributed by atoms with Gasteiger partial charge in [0, 0.05) is 44.9 Å². The maximum atomic E-state index is 12.5. The normalized spacial score (nSPS) is 30.4. The second-order valence-electron chi connectivity index (χ2n) is 8.62. The summed E-state index contributed by atoms with van der Waals surface area (Å²) in [5, 5.41) is 0. The molecule has 2 fully saturated rings. The Hall–Kier alpha value is -1.72. The molecule has 0 aromatic heterocycles. The Bertz CT molecular complexity index is 598. The average molecular weight is 395 g/mol. The molecule has 6 nitrogen and oxygen atoms in total. The smallest absolute Gasteiger partial charge is 0.302 e. The molecule has 2 aliphatic rings. The van der Waals surface area contributed by atoms with Crippen molar-refractivity contribution in [3.63, 3.8) is 0 Å². The van der Waals surface area contributed by atoms with E-state index in [1.165, 1.54) is 13.8 Å². The Morgan fingerprint density at radius 2 is 1.82 bits per heavy atom. The van der Waals surface area contributed by atoms with Crippen LogP contribution in [-0.4, -0.2) is 35.7 Å². The van der Waals surface area contributed by atoms with Crippen molar-refractivity contribution in [2.75, 3.05) is 0 Å². The van der Waals surface area contributed by atoms with Gasteiger partial charge in [-0.05, 0) is 50.9 Å². The summed E-state index contributed by atoms with van der Waals surface area (Å²) in [6, 6.07) is 0. The zero-order valence-corrected chi connectivity index (χ0v) is 17.6. The van der Waals surface area contributed by atoms with E-state index in [9.17, 15) is 19.2 Å². The fourth-order valence-electron chi connectivity index (χ4n) is 5.12. The van der Waals surface area contributed by atoms with E-state index < -0.39 is 0 Å². The highest BCUT2D eigenvalue weighted by molar-refractivity contribution is 5.84. The fourth-order valence-corrected chi connectivity index (χ4v) is 5.12. The van der Waals surface area contributed by atoms with E-state index in [0.29, 0.717) is 38.5 Å². The molecule has 0 radical (unpaired) electrons. The number of carbonyl (C=O) groups excluding carboxylic acids is 4. The van der Waals surface area contributed by atoms with Crippen molar-refractivity contribution < 1.29 is 28.7 Å². The lowest BCUT2D eigenvalue weighted by Crippen LogP contribution is -2.37. The van der Waals surface area contributed by atoms with Crippen molar-refractivity contribution in [1.29, 1.82) is 0 Å². The molecule has 2 rings (SSSR count). The van der Waals surface area contributed by atoms with E-state index in [1.54, 1.807) is 0 Å². The lowest BCUT2D eigenvalue weighted by molar-refractivity contribution is -0.151. The van der Waals surface area contributed by atoms with E-state index in [-0.39, 0.29) is 59.4 Å². The third-order valence-corrected chi connectivity index (χ3v) is 6.30. The lowest BCUT2D eigenvalue weighted by atomic mass is 9.70. The predicted molar refractivity (Wildman–Crippen MR) is 103 cm³/mol. The minimum absolute atomic E-state index is 0.0920. The Balaban J connectivity index is 1.82. The molecule has 2 aliphatic carbocycles. The highest BCUT2D eigenvalue weighted by Crippen LogP contribution is 2.49. The van der Waals surface area contributed by atoms with E-state index >= 15 is 0 Å². The number of ketones is 2. The molecular formula is C22H34O6. The van der Waals surface area contributed by atoms with Crippen LogP contribution in [0, 0.1) is 23.7 Å². The maximum absolute atomic E-state index is 12.5. The van der Waals surface area contributed by atoms with Crippen molar-refractivity contribution in [1.82, 2.24) is 0 Å². The molecule has 2 saturated carbocycles. The second-order valence-corrected chi connectivity index (χ2v) is 8.62. The van der Waals surface area contributed by atoms with Gasteiger partial charge in [0.1, 0.15) is 17.7 Å². The first-order chi connectivity index (χ1) is 13.2. The quantitative estimate of drug-likeness (QED) is 0.555. The molecule has 0 bridgehead atoms. The fraction of sp³-hybridized carbons (Fsp3) is 0.818. The maximum Gasteiger partial charge on any atom is 0.302 e. The van der Waals surface area contributed by atoms with Crippen LogP contribution in [0.5, 0.6) is 0 Å². The molecule has 6 atom stereocenters. The van der Waals surface area contributed by atoms with Crippen LogP contribution in [0.1, 0.15) is 79.1 Å². The predicted octanol–water partition coefficient (Wildman–Crippen LogP) is 3.64. The minimum atomic E-state index is -0.304. The molecule has 0 aliphatic heterocycles. The number of rotatable bonds is 9. The zero-order chi connectivity index (χ0) is 20.8. The summed E-state index contributed by atoms with van der Waals surface area (Å²) in [7, 11) is 0. The number of hydrogen-bond acceptors (Lipinski definition) is 6. The van der Waals surface area contributed by atoms with E-state index in [2.05, 4.69) is 6.92 Å². The first kappa shape index (κ1) is 22.6. The van der Waals surface area contributed by atoms with Gasteiger partial charge in [0.2, 0.25) is 0 Å². The van der Waals surface area contributed by atoms with Crippen LogP contribution in [-0.2, 0) is 28.7 Å². The Morgan fingerprint density at radius 3 is 2.46 bits per heavy atom. The molecule has 3 unspecified atom stereocenters. The zero-order valence-electron chi connectivity index (χ0n) is 17.6. The molecule has 28 heavy (non-hydrogen) atoms. The van der Waals surface area contributed by atoms with Gasteiger partial charge in [-0.2, -0.15) is 0 Å². The van der Waals surface area contributed by atoms with Crippen LogP contribution >= 0.6 is 0 Å². The van der Waals surface area contributed by atoms with Gasteiger partial charge in [0.25, 0.3) is 0 Å². The third-order valence-electron chi connectivity index (χ3n) is 6.30. The van der Waals surface area contributed by atoms with Gasteiger partial charge in [0.15, 0.2) is 0 Å². The van der Waals surface area contributed by atoms with Crippen LogP contribution in [0.2, 0.25) is 0 Å². The molecule has 0 heterocycles. The molecule has 0 spiro atoms. The van der Waals surface area contributed by atoms with Crippen molar-refractivity contribution in [2.45, 2.75) is 91.3 Å². The Labute approximate surface area is 167 Å². The third kappa shape index (κ3) is 6.14. The summed E-state index contributed by atoms with van der Waals surface area (Å²) in [6.07, 6.45) is 4.71. The second kappa shape index (κ2) is 10.2. The van der Waals surface area contributed by atoms with Gasteiger partial charge < -0.3 is 9.47 Å². The van der Waals surface area contributed by atoms with E-state index in [4.69, 9.17) is 9.47 Å². The van der Waals surface area contributed by atoms with Crippen molar-refractivity contribution in [2.24, 2.45) is 23.7 Å². The Kier molecular flexibility index (Phi) is 8.20. The molecular weight excluding hydrogens is 360 g/mol. The number of Topliss-reactive ketones (excluding diaryl/α,β-unsaturated/α-hetero) is 2. The Morgan fingerprint density at radius 1 is 1.11 bits per heavy atom. The highest BCUT2D eigenvalue weighted by atomic mass is 16.5. The van der Waals surface area contributed by atoms with Crippen molar-refractivity contribution >= 4 is 23.5 Å². The highest BCUT2D eigenvalue weighted by Gasteiger charge is 2.50. The first-order valence-electron chi connectivity index (χ1n) is 10.6. The minimum Gasteiger partial charge on any atom is -0.463 e. The number of esters is 2. The standard InChI is InChI=1S/C22H34O6/c1-13-12-20-18(21(26)11-10-19(20)22(13)28-16(4)24)9-8-17(25)7-5-6-14(2)27-15(3)23/h13-14,18-20,22H,5-12H2,1-4H3/t13-,14+,18?,19?,20?,22-/m0/s1. The number of ether oxygens (including phenoxy) is 2. The van der Waals surface area contributed by atoms with Gasteiger partial charge in [-0.25, -0.2) is 0 Å². The summed E-state index contributed by atoms with van der Waals surface area (Å²) in [5.41, 5.74) is 0. The van der Waals surface area contributed by atoms with Gasteiger partial charge in [0.05, 0.1) is 6.10 Å². The van der Waals surface area contributed by atoms with Crippen LogP contribution in [0.15, 0.2) is 0 Å². The topological polar surface area (TPSA) is 86.7 Å². The summed E-state index contributed by atoms with van der Waals surface area (Å²) in [6.45, 7) is 6.73. The lowest BCUT2D eigenvalue weighted by Gasteiger charge is -2.34. The van der Waals surface area contributed by atoms with Crippen LogP contribution in [0.3, 0.4) is 0 Å². The van der Waals surface area contributed by atoms with E-state index in [1.807, 2.05) is 6.92 Å². The summed E-state index contributed by atoms with van der Waals surface area (Å²) < 4.78 is 10.6. The summed E-state index contributed by atoms with van der Waals surface area (Å²) in [5.74, 6) is 0.474. The molecule has 158 valence electrons. The summed E-state index contributed by atoms with van der Waals surface area (Å²) in [4.78, 5) is 47.1. The van der Waals surface area contributed by atoms with E-state index in [0.717, 1.165) is 12.8 Å². The molecule has 0 N–H and O–H groups in total. The van der Waals surface area contributed by atoms with Gasteiger partial charge in [-0.1, -0.05) is 6.92 Å². The number of carbonyl (C=O) groups is 4. The summed E-state index contributed by atoms with van der Waals surface area (Å²) >= 11 is 0. The van der Waals surface area contributed by atoms with Crippen molar-refractivity contribution in [3.8, 4) is 0 Å². The van der Waals surface area contributed by atoms with Crippen LogP contribution in [0.25, 0.3) is 0 Å². The SMILES string of the molecule is CC(=O)O[C@H](C)CCCC(=O)CCC1C(=O)CCC2C1C[C@H](C)[C@@H]2OC(C)=O. The molecule has 0 amide bonds. The van der Waals surface area contributed by atoms with Gasteiger partial charge in [-0.15, -0.1) is 0 Å². The molecule has 0 aromatic carbocycles.